The molecule has 7 heteroatoms. The first-order valence-electron chi connectivity index (χ1n) is 11.6. The second-order valence-corrected chi connectivity index (χ2v) is 9.09. The second kappa shape index (κ2) is 9.47. The molecule has 2 amide bonds. The van der Waals surface area contributed by atoms with Gasteiger partial charge in [0.2, 0.25) is 5.91 Å². The van der Waals surface area contributed by atoms with Crippen LogP contribution in [-0.2, 0) is 4.79 Å². The Morgan fingerprint density at radius 1 is 1.03 bits per heavy atom. The van der Waals surface area contributed by atoms with Gasteiger partial charge in [-0.3, -0.25) is 9.59 Å². The predicted octanol–water partition coefficient (Wildman–Crippen LogP) is 2.78. The summed E-state index contributed by atoms with van der Waals surface area (Å²) in [7, 11) is 3.36. The molecule has 31 heavy (non-hydrogen) atoms. The average Bonchev–Trinajstić information content (AvgIpc) is 3.33. The zero-order chi connectivity index (χ0) is 22.0. The Morgan fingerprint density at radius 3 is 2.42 bits per heavy atom. The summed E-state index contributed by atoms with van der Waals surface area (Å²) < 4.78 is 11.7. The van der Waals surface area contributed by atoms with Gasteiger partial charge >= 0.3 is 0 Å². The predicted molar refractivity (Wildman–Crippen MR) is 119 cm³/mol. The van der Waals surface area contributed by atoms with Crippen molar-refractivity contribution in [3.8, 4) is 11.5 Å². The number of ether oxygens (including phenoxy) is 2. The minimum absolute atomic E-state index is 0.0377. The third-order valence-corrected chi connectivity index (χ3v) is 7.17. The molecule has 3 aliphatic rings. The van der Waals surface area contributed by atoms with Crippen molar-refractivity contribution in [1.29, 1.82) is 0 Å². The molecule has 2 heterocycles. The summed E-state index contributed by atoms with van der Waals surface area (Å²) in [5, 5.41) is 0. The summed E-state index contributed by atoms with van der Waals surface area (Å²) in [6.07, 6.45) is 7.40. The van der Waals surface area contributed by atoms with E-state index in [-0.39, 0.29) is 17.9 Å². The van der Waals surface area contributed by atoms with Gasteiger partial charge in [0.1, 0.15) is 23.6 Å². The van der Waals surface area contributed by atoms with Crippen molar-refractivity contribution in [2.45, 2.75) is 63.6 Å². The van der Waals surface area contributed by atoms with Crippen molar-refractivity contribution in [2.75, 3.05) is 40.3 Å². The number of nitrogens with zero attached hydrogens (tertiary/aromatic N) is 3. The molecule has 0 spiro atoms. The zero-order valence-electron chi connectivity index (χ0n) is 19.0. The van der Waals surface area contributed by atoms with Gasteiger partial charge in [-0.1, -0.05) is 12.8 Å². The van der Waals surface area contributed by atoms with Crippen molar-refractivity contribution in [3.63, 3.8) is 0 Å². The van der Waals surface area contributed by atoms with Crippen molar-refractivity contribution < 1.29 is 19.1 Å². The molecule has 0 aromatic heterocycles. The summed E-state index contributed by atoms with van der Waals surface area (Å²) in [5.74, 6) is 0.985. The van der Waals surface area contributed by atoms with Gasteiger partial charge in [-0.05, 0) is 50.8 Å². The van der Waals surface area contributed by atoms with Crippen LogP contribution in [-0.4, -0.2) is 85.0 Å². The number of likely N-dealkylation sites (tertiary alicyclic amines) is 1. The topological polar surface area (TPSA) is 62.3 Å². The number of likely N-dealkylation sites (N-methyl/N-ethyl adjacent to an activating group) is 1. The van der Waals surface area contributed by atoms with Crippen LogP contribution in [0.2, 0.25) is 0 Å². The molecule has 3 fully saturated rings. The molecule has 0 bridgehead atoms. The van der Waals surface area contributed by atoms with Gasteiger partial charge in [-0.2, -0.15) is 0 Å². The highest BCUT2D eigenvalue weighted by molar-refractivity contribution is 6.00. The Labute approximate surface area is 185 Å². The van der Waals surface area contributed by atoms with E-state index < -0.39 is 6.04 Å². The van der Waals surface area contributed by atoms with Crippen molar-refractivity contribution in [2.24, 2.45) is 0 Å². The van der Waals surface area contributed by atoms with Crippen molar-refractivity contribution in [1.82, 2.24) is 14.7 Å². The Balaban J connectivity index is 1.47. The highest BCUT2D eigenvalue weighted by Gasteiger charge is 2.35. The van der Waals surface area contributed by atoms with E-state index in [0.29, 0.717) is 30.2 Å². The van der Waals surface area contributed by atoms with Crippen molar-refractivity contribution in [3.05, 3.63) is 23.8 Å². The van der Waals surface area contributed by atoms with Crippen LogP contribution in [0.3, 0.4) is 0 Å². The Kier molecular flexibility index (Phi) is 6.70. The number of piperidine rings is 1. The van der Waals surface area contributed by atoms with Crippen molar-refractivity contribution >= 4 is 11.8 Å². The van der Waals surface area contributed by atoms with Gasteiger partial charge in [0.05, 0.1) is 12.7 Å². The maximum atomic E-state index is 13.4. The van der Waals surface area contributed by atoms with Crippen LogP contribution < -0.4 is 9.47 Å². The third-order valence-electron chi connectivity index (χ3n) is 7.17. The fraction of sp³-hybridized carbons (Fsp3) is 0.667. The maximum Gasteiger partial charge on any atom is 0.258 e. The van der Waals surface area contributed by atoms with Gasteiger partial charge < -0.3 is 24.2 Å². The lowest BCUT2D eigenvalue weighted by Crippen LogP contribution is -2.56. The first-order chi connectivity index (χ1) is 15.0. The summed E-state index contributed by atoms with van der Waals surface area (Å²) >= 11 is 0. The SMILES string of the molecule is COc1ccc(OC2CCN(C3CCCC3)CC2)c(C(=O)N2CCN(C)C(=O)[C@@H]2C)c1. The fourth-order valence-electron chi connectivity index (χ4n) is 5.16. The molecule has 1 atom stereocenters. The standard InChI is InChI=1S/C24H35N3O4/c1-17-23(28)25(2)14-15-27(17)24(29)21-16-20(30-3)8-9-22(21)31-19-10-12-26(13-11-19)18-6-4-5-7-18/h8-9,16-19H,4-7,10-15H2,1-3H3/t17-/m0/s1. The number of methoxy groups -OCH3 is 1. The van der Waals surface area contributed by atoms with Gasteiger partial charge in [-0.25, -0.2) is 0 Å². The van der Waals surface area contributed by atoms with E-state index in [0.717, 1.165) is 32.0 Å². The van der Waals surface area contributed by atoms with Crippen LogP contribution in [0.15, 0.2) is 18.2 Å². The summed E-state index contributed by atoms with van der Waals surface area (Å²) in [6.45, 7) is 4.94. The first-order valence-corrected chi connectivity index (χ1v) is 11.6. The monoisotopic (exact) mass is 429 g/mol. The molecule has 170 valence electrons. The molecule has 2 saturated heterocycles. The van der Waals surface area contributed by atoms with Gasteiger partial charge in [0, 0.05) is 39.3 Å². The van der Waals surface area contributed by atoms with Gasteiger partial charge in [-0.15, -0.1) is 0 Å². The number of amides is 2. The highest BCUT2D eigenvalue weighted by atomic mass is 16.5. The molecule has 1 aromatic rings. The lowest BCUT2D eigenvalue weighted by molar-refractivity contribution is -0.137. The van der Waals surface area contributed by atoms with Crippen LogP contribution in [0.5, 0.6) is 11.5 Å². The molecule has 0 N–H and O–H groups in total. The molecule has 2 aliphatic heterocycles. The minimum atomic E-state index is -0.486. The molecule has 1 aromatic carbocycles. The smallest absolute Gasteiger partial charge is 0.258 e. The summed E-state index contributed by atoms with van der Waals surface area (Å²) in [5.41, 5.74) is 0.474. The highest BCUT2D eigenvalue weighted by Crippen LogP contribution is 2.31. The molecule has 1 aliphatic carbocycles. The molecule has 1 saturated carbocycles. The number of rotatable bonds is 5. The molecule has 0 unspecified atom stereocenters. The van der Waals surface area contributed by atoms with E-state index in [1.807, 2.05) is 12.1 Å². The average molecular weight is 430 g/mol. The number of hydrogen-bond acceptors (Lipinski definition) is 5. The van der Waals surface area contributed by atoms with E-state index in [4.69, 9.17) is 9.47 Å². The van der Waals surface area contributed by atoms with Crippen LogP contribution in [0.4, 0.5) is 0 Å². The second-order valence-electron chi connectivity index (χ2n) is 9.09. The first kappa shape index (κ1) is 21.9. The van der Waals surface area contributed by atoms with E-state index >= 15 is 0 Å². The maximum absolute atomic E-state index is 13.4. The Bertz CT molecular complexity index is 800. The number of carbonyl (C=O) groups is 2. The lowest BCUT2D eigenvalue weighted by Gasteiger charge is -2.38. The molecule has 7 nitrogen and oxygen atoms in total. The number of benzene rings is 1. The Hall–Kier alpha value is -2.28. The van der Waals surface area contributed by atoms with Gasteiger partial charge in [0.15, 0.2) is 0 Å². The van der Waals surface area contributed by atoms with E-state index in [1.54, 1.807) is 36.9 Å². The van der Waals surface area contributed by atoms with E-state index in [9.17, 15) is 9.59 Å². The quantitative estimate of drug-likeness (QED) is 0.720. The Morgan fingerprint density at radius 2 is 1.74 bits per heavy atom. The fourth-order valence-corrected chi connectivity index (χ4v) is 5.16. The zero-order valence-corrected chi connectivity index (χ0v) is 19.0. The molecular weight excluding hydrogens is 394 g/mol. The van der Waals surface area contributed by atoms with Crippen LogP contribution in [0, 0.1) is 0 Å². The van der Waals surface area contributed by atoms with Crippen LogP contribution in [0.25, 0.3) is 0 Å². The number of hydrogen-bond donors (Lipinski definition) is 0. The van der Waals surface area contributed by atoms with Crippen LogP contribution >= 0.6 is 0 Å². The molecule has 4 rings (SSSR count). The normalized spacial score (nSPS) is 24.0. The van der Waals surface area contributed by atoms with E-state index in [2.05, 4.69) is 4.90 Å². The number of piperazine rings is 1. The van der Waals surface area contributed by atoms with E-state index in [1.165, 1.54) is 25.7 Å². The summed E-state index contributed by atoms with van der Waals surface area (Å²) in [6, 6.07) is 5.66. The largest absolute Gasteiger partial charge is 0.497 e. The summed E-state index contributed by atoms with van der Waals surface area (Å²) in [4.78, 5) is 31.8. The third kappa shape index (κ3) is 4.66. The lowest BCUT2D eigenvalue weighted by atomic mass is 10.0. The number of carbonyl (C=O) groups excluding carboxylic acids is 2. The minimum Gasteiger partial charge on any atom is -0.497 e. The molecule has 0 radical (unpaired) electrons. The van der Waals surface area contributed by atoms with Crippen LogP contribution in [0.1, 0.15) is 55.8 Å². The van der Waals surface area contributed by atoms with Gasteiger partial charge in [0.25, 0.3) is 5.91 Å². The molecular formula is C24H35N3O4.